The van der Waals surface area contributed by atoms with Crippen molar-refractivity contribution in [1.82, 2.24) is 31.1 Å². The van der Waals surface area contributed by atoms with Crippen molar-refractivity contribution >= 4 is 29.8 Å². The summed E-state index contributed by atoms with van der Waals surface area (Å²) in [7, 11) is 0. The van der Waals surface area contributed by atoms with Gasteiger partial charge in [0.15, 0.2) is 23.7 Å². The Morgan fingerprint density at radius 1 is 1.21 bits per heavy atom. The smallest absolute Gasteiger partial charge is 0.407 e. The lowest BCUT2D eigenvalue weighted by atomic mass is 9.85. The predicted octanol–water partition coefficient (Wildman–Crippen LogP) is -1.73. The second kappa shape index (κ2) is 9.44. The van der Waals surface area contributed by atoms with Gasteiger partial charge >= 0.3 is 6.09 Å². The fourth-order valence-electron chi connectivity index (χ4n) is 5.81. The maximum Gasteiger partial charge on any atom is 0.407 e. The minimum absolute atomic E-state index is 0.0897. The molecule has 4 aliphatic heterocycles. The Bertz CT molecular complexity index is 1170. The number of guanidine groups is 2. The molecule has 14 nitrogen and oxygen atoms in total. The molecule has 3 amide bonds. The Kier molecular flexibility index (Phi) is 6.39. The Hall–Kier alpha value is -3.91. The van der Waals surface area contributed by atoms with Gasteiger partial charge in [0, 0.05) is 19.4 Å². The average Bonchev–Trinajstić information content (AvgIpc) is 3.45. The van der Waals surface area contributed by atoms with Crippen molar-refractivity contribution in [2.45, 2.75) is 62.2 Å². The van der Waals surface area contributed by atoms with Crippen LogP contribution in [0.4, 0.5) is 4.79 Å². The number of rotatable bonds is 7. The number of aryl methyl sites for hydroxylation is 2. The predicted molar refractivity (Wildman–Crippen MR) is 133 cm³/mol. The Balaban J connectivity index is 1.27. The summed E-state index contributed by atoms with van der Waals surface area (Å²) in [6.07, 6.45) is -0.739. The molecule has 5 rings (SSSR count). The average molecular weight is 529 g/mol. The molecule has 0 bridgehead atoms. The van der Waals surface area contributed by atoms with Gasteiger partial charge in [0.2, 0.25) is 17.6 Å². The van der Waals surface area contributed by atoms with Crippen molar-refractivity contribution in [2.75, 3.05) is 19.6 Å². The number of nitrogens with one attached hydrogen (secondary N) is 6. The lowest BCUT2D eigenvalue weighted by molar-refractivity contribution is -0.257. The number of carbonyl (C=O) groups is 3. The van der Waals surface area contributed by atoms with E-state index >= 15 is 0 Å². The molecule has 0 radical (unpaired) electrons. The topological polar surface area (TPSA) is 203 Å². The van der Waals surface area contributed by atoms with E-state index in [0.717, 1.165) is 22.4 Å². The minimum Gasteiger partial charge on any atom is -0.438 e. The van der Waals surface area contributed by atoms with Gasteiger partial charge in [-0.05, 0) is 25.3 Å². The van der Waals surface area contributed by atoms with Gasteiger partial charge in [-0.3, -0.25) is 25.3 Å². The highest BCUT2D eigenvalue weighted by Crippen LogP contribution is 2.44. The number of hydrogen-bond donors (Lipinski definition) is 8. The molecular formula is C24H32N8O6. The van der Waals surface area contributed by atoms with Crippen molar-refractivity contribution in [3.8, 4) is 0 Å². The molecule has 4 aliphatic rings. The second-order valence-electron chi connectivity index (χ2n) is 10.1. The molecule has 1 spiro atoms. The molecule has 204 valence electrons. The van der Waals surface area contributed by atoms with Gasteiger partial charge in [0.1, 0.15) is 0 Å². The Labute approximate surface area is 218 Å². The number of likely N-dealkylation sites (tertiary alicyclic amines) is 1. The fourth-order valence-corrected chi connectivity index (χ4v) is 5.81. The number of aliphatic hydroxyl groups is 2. The fraction of sp³-hybridized carbons (Fsp3) is 0.542. The van der Waals surface area contributed by atoms with E-state index in [9.17, 15) is 24.6 Å². The van der Waals surface area contributed by atoms with Gasteiger partial charge in [-0.15, -0.1) is 0 Å². The van der Waals surface area contributed by atoms with E-state index in [4.69, 9.17) is 15.6 Å². The molecule has 4 saturated heterocycles. The lowest BCUT2D eigenvalue weighted by Crippen LogP contribution is -2.81. The molecule has 4 atom stereocenters. The van der Waals surface area contributed by atoms with Crippen LogP contribution in [0, 0.1) is 17.7 Å². The third kappa shape index (κ3) is 4.19. The Morgan fingerprint density at radius 2 is 1.95 bits per heavy atom. The van der Waals surface area contributed by atoms with E-state index < -0.39 is 35.7 Å². The maximum absolute atomic E-state index is 12.6. The number of nitrogens with zero attached hydrogens (tertiary/aromatic N) is 2. The monoisotopic (exact) mass is 528 g/mol. The largest absolute Gasteiger partial charge is 0.438 e. The summed E-state index contributed by atoms with van der Waals surface area (Å²) in [6.45, 7) is 1.93. The summed E-state index contributed by atoms with van der Waals surface area (Å²) in [5.74, 6) is -3.92. The minimum atomic E-state index is -2.74. The first-order chi connectivity index (χ1) is 18.0. The molecule has 0 aliphatic carbocycles. The summed E-state index contributed by atoms with van der Waals surface area (Å²) in [4.78, 5) is 39.3. The van der Waals surface area contributed by atoms with Crippen LogP contribution >= 0.6 is 0 Å². The van der Waals surface area contributed by atoms with E-state index in [2.05, 4.69) is 27.3 Å². The lowest BCUT2D eigenvalue weighted by Gasteiger charge is -2.51. The number of ether oxygens (including phenoxy) is 1. The van der Waals surface area contributed by atoms with Crippen LogP contribution in [-0.2, 0) is 20.7 Å². The third-order valence-electron chi connectivity index (χ3n) is 7.62. The summed E-state index contributed by atoms with van der Waals surface area (Å²) < 4.78 is 5.41. The van der Waals surface area contributed by atoms with Crippen LogP contribution in [-0.4, -0.2) is 99.1 Å². The summed E-state index contributed by atoms with van der Waals surface area (Å²) in [5, 5.41) is 50.5. The van der Waals surface area contributed by atoms with Crippen LogP contribution < -0.4 is 21.3 Å². The Morgan fingerprint density at radius 3 is 2.66 bits per heavy atom. The number of benzene rings is 1. The molecule has 0 unspecified atom stereocenters. The molecule has 38 heavy (non-hydrogen) atoms. The van der Waals surface area contributed by atoms with Crippen LogP contribution in [0.1, 0.15) is 30.4 Å². The zero-order chi connectivity index (χ0) is 27.2. The van der Waals surface area contributed by atoms with Crippen molar-refractivity contribution in [3.05, 3.63) is 35.4 Å². The van der Waals surface area contributed by atoms with E-state index in [0.29, 0.717) is 13.0 Å². The highest BCUT2D eigenvalue weighted by atomic mass is 16.6. The van der Waals surface area contributed by atoms with Crippen molar-refractivity contribution in [3.63, 3.8) is 0 Å². The molecule has 14 heteroatoms. The SMILES string of the molecule is Cc1cccc(CCCNC(=O)O[C@H]2CN3C(=N)N[C@@H](CN4C(=O)CCC4=O)[C@@H]4NC(=N)N[C@@]43C2(O)O)c1. The molecule has 8 N–H and O–H groups in total. The number of alkyl carbamates (subject to hydrolysis) is 1. The molecule has 0 aromatic heterocycles. The first-order valence-corrected chi connectivity index (χ1v) is 12.6. The van der Waals surface area contributed by atoms with Crippen LogP contribution in [0.3, 0.4) is 0 Å². The van der Waals surface area contributed by atoms with E-state index in [1.165, 1.54) is 4.90 Å². The number of carbonyl (C=O) groups excluding carboxylic acids is 3. The summed E-state index contributed by atoms with van der Waals surface area (Å²) in [6, 6.07) is 6.26. The number of imide groups is 1. The zero-order valence-corrected chi connectivity index (χ0v) is 20.9. The van der Waals surface area contributed by atoms with Gasteiger partial charge in [0.25, 0.3) is 0 Å². The molecule has 0 saturated carbocycles. The highest BCUT2D eigenvalue weighted by molar-refractivity contribution is 6.02. The highest BCUT2D eigenvalue weighted by Gasteiger charge is 2.75. The quantitative estimate of drug-likeness (QED) is 0.114. The van der Waals surface area contributed by atoms with Crippen molar-refractivity contribution in [2.24, 2.45) is 0 Å². The maximum atomic E-state index is 12.6. The van der Waals surface area contributed by atoms with Crippen molar-refractivity contribution in [1.29, 1.82) is 10.8 Å². The van der Waals surface area contributed by atoms with Gasteiger partial charge in [-0.2, -0.15) is 0 Å². The van der Waals surface area contributed by atoms with E-state index in [-0.39, 0.29) is 49.7 Å². The number of hydrogen-bond acceptors (Lipinski definition) is 8. The van der Waals surface area contributed by atoms with E-state index in [1.54, 1.807) is 0 Å². The zero-order valence-electron chi connectivity index (χ0n) is 20.9. The standard InChI is InChI=1S/C24H32N8O6/c1-13-4-2-5-14(10-13)6-3-9-27-22(35)38-16-12-32-21(26)28-15(11-31-17(33)7-8-18(31)34)19-23(32,24(16,36)37)30-20(25)29-19/h2,4-5,10,15-16,19,36-37H,3,6-9,11-12H2,1H3,(H2,26,28)(H,27,35)(H3,25,29,30)/t15-,16-,19-,23-/m0/s1. The molecular weight excluding hydrogens is 496 g/mol. The van der Waals surface area contributed by atoms with Gasteiger partial charge < -0.3 is 41.1 Å². The van der Waals surface area contributed by atoms with Crippen LogP contribution in [0.2, 0.25) is 0 Å². The first-order valence-electron chi connectivity index (χ1n) is 12.6. The third-order valence-corrected chi connectivity index (χ3v) is 7.62. The molecule has 1 aromatic rings. The summed E-state index contributed by atoms with van der Waals surface area (Å²) >= 11 is 0. The van der Waals surface area contributed by atoms with Gasteiger partial charge in [-0.1, -0.05) is 29.8 Å². The van der Waals surface area contributed by atoms with E-state index in [1.807, 2.05) is 25.1 Å². The van der Waals surface area contributed by atoms with Crippen LogP contribution in [0.25, 0.3) is 0 Å². The second-order valence-corrected chi connectivity index (χ2v) is 10.1. The van der Waals surface area contributed by atoms with Crippen molar-refractivity contribution < 1.29 is 29.3 Å². The van der Waals surface area contributed by atoms with Gasteiger partial charge in [-0.25, -0.2) is 4.79 Å². The molecule has 4 heterocycles. The van der Waals surface area contributed by atoms with Crippen LogP contribution in [0.15, 0.2) is 24.3 Å². The molecule has 4 fully saturated rings. The molecule has 1 aromatic carbocycles. The first kappa shape index (κ1) is 25.7. The van der Waals surface area contributed by atoms with Gasteiger partial charge in [0.05, 0.1) is 25.2 Å². The normalized spacial score (nSPS) is 29.4. The summed E-state index contributed by atoms with van der Waals surface area (Å²) in [5.41, 5.74) is 0.429. The van der Waals surface area contributed by atoms with Crippen LogP contribution in [0.5, 0.6) is 0 Å². The number of amides is 3.